The number of aromatic nitrogens is 4. The fraction of sp³-hybridized carbons (Fsp3) is 0.405. The summed E-state index contributed by atoms with van der Waals surface area (Å²) in [5, 5.41) is 10.1. The number of nitrogens with one attached hydrogen (secondary N) is 3. The van der Waals surface area contributed by atoms with Gasteiger partial charge in [0.1, 0.15) is 11.4 Å². The molecular formula is C37H41Cl2N7O4. The molecule has 4 aromatic rings. The van der Waals surface area contributed by atoms with Crippen molar-refractivity contribution in [2.45, 2.75) is 51.5 Å². The Bertz CT molecular complexity index is 1720. The van der Waals surface area contributed by atoms with E-state index in [1.54, 1.807) is 26.6 Å². The van der Waals surface area contributed by atoms with Crippen molar-refractivity contribution >= 4 is 35.0 Å². The van der Waals surface area contributed by atoms with Crippen molar-refractivity contribution in [2.24, 2.45) is 11.8 Å². The number of nitrogens with zero attached hydrogens (tertiary/aromatic N) is 4. The van der Waals surface area contributed by atoms with Crippen LogP contribution < -0.4 is 25.4 Å². The third kappa shape index (κ3) is 8.34. The van der Waals surface area contributed by atoms with Crippen LogP contribution >= 0.6 is 23.2 Å². The molecule has 2 fully saturated rings. The van der Waals surface area contributed by atoms with Gasteiger partial charge in [-0.25, -0.2) is 9.97 Å². The van der Waals surface area contributed by atoms with Crippen molar-refractivity contribution in [3.8, 4) is 45.4 Å². The van der Waals surface area contributed by atoms with Gasteiger partial charge < -0.3 is 25.4 Å². The van der Waals surface area contributed by atoms with Crippen LogP contribution in [0.2, 0.25) is 10.0 Å². The molecule has 2 saturated heterocycles. The summed E-state index contributed by atoms with van der Waals surface area (Å²) in [5.74, 6) is 1.76. The largest absolute Gasteiger partial charge is 0.480 e. The summed E-state index contributed by atoms with van der Waals surface area (Å²) in [6, 6.07) is 11.4. The van der Waals surface area contributed by atoms with Gasteiger partial charge in [-0.2, -0.15) is 0 Å². The highest BCUT2D eigenvalue weighted by molar-refractivity contribution is 6.39. The molecule has 2 aromatic heterocycles. The second-order valence-electron chi connectivity index (χ2n) is 12.7. The lowest BCUT2D eigenvalue weighted by molar-refractivity contribution is -0.124. The average molecular weight is 719 g/mol. The summed E-state index contributed by atoms with van der Waals surface area (Å²) >= 11 is 14.1. The Labute approximate surface area is 301 Å². The quantitative estimate of drug-likeness (QED) is 0.151. The molecule has 262 valence electrons. The Balaban J connectivity index is 1.18. The highest BCUT2D eigenvalue weighted by Gasteiger charge is 2.22. The zero-order chi connectivity index (χ0) is 35.0. The van der Waals surface area contributed by atoms with Gasteiger partial charge in [0, 0.05) is 54.7 Å². The minimum atomic E-state index is 0.0928. The standard InChI is InChI=1S/C37H41Cl2N7O4/c1-49-36-28(11-3-6-22-12-14-41-32(47)16-22)43-20-29(45-36)26-9-4-7-24(34(26)38)25-8-5-10-27(35(25)39)30-21-44-31(37(46-30)50-2)19-40-18-23-13-15-42-33(48)17-23/h4-5,7-10,20-23,40H,3,6,11-19H2,1-2H3,(H,41,47)(H,42,48). The van der Waals surface area contributed by atoms with Gasteiger partial charge in [0.25, 0.3) is 0 Å². The molecule has 11 nitrogen and oxygen atoms in total. The zero-order valence-corrected chi connectivity index (χ0v) is 29.7. The Morgan fingerprint density at radius 2 is 1.28 bits per heavy atom. The van der Waals surface area contributed by atoms with Crippen LogP contribution in [0.5, 0.6) is 11.8 Å². The molecule has 3 N–H and O–H groups in total. The summed E-state index contributed by atoms with van der Waals surface area (Å²) < 4.78 is 11.2. The van der Waals surface area contributed by atoms with Gasteiger partial charge in [0.15, 0.2) is 0 Å². The number of carbonyl (C=O) groups excluding carboxylic acids is 2. The monoisotopic (exact) mass is 717 g/mol. The van der Waals surface area contributed by atoms with Gasteiger partial charge in [-0.15, -0.1) is 0 Å². The first-order chi connectivity index (χ1) is 24.3. The number of aryl methyl sites for hydroxylation is 1. The number of methoxy groups -OCH3 is 2. The summed E-state index contributed by atoms with van der Waals surface area (Å²) in [4.78, 5) is 42.3. The third-order valence-electron chi connectivity index (χ3n) is 9.30. The molecule has 2 amide bonds. The molecule has 0 spiro atoms. The molecule has 4 heterocycles. The Kier molecular flexibility index (Phi) is 11.8. The van der Waals surface area contributed by atoms with E-state index in [-0.39, 0.29) is 17.7 Å². The molecule has 0 aliphatic carbocycles. The van der Waals surface area contributed by atoms with Crippen LogP contribution in [0.25, 0.3) is 33.6 Å². The van der Waals surface area contributed by atoms with Gasteiger partial charge in [-0.3, -0.25) is 19.6 Å². The van der Waals surface area contributed by atoms with Crippen LogP contribution in [0.15, 0.2) is 48.8 Å². The maximum atomic E-state index is 11.7. The van der Waals surface area contributed by atoms with Crippen molar-refractivity contribution in [2.75, 3.05) is 33.9 Å². The average Bonchev–Trinajstić information content (AvgIpc) is 3.12. The first-order valence-corrected chi connectivity index (χ1v) is 17.7. The molecule has 6 rings (SSSR count). The lowest BCUT2D eigenvalue weighted by Crippen LogP contribution is -2.37. The highest BCUT2D eigenvalue weighted by atomic mass is 35.5. The number of benzene rings is 2. The lowest BCUT2D eigenvalue weighted by Gasteiger charge is -2.22. The highest BCUT2D eigenvalue weighted by Crippen LogP contribution is 2.42. The molecule has 13 heteroatoms. The second kappa shape index (κ2) is 16.6. The van der Waals surface area contributed by atoms with E-state index in [2.05, 4.69) is 20.9 Å². The first-order valence-electron chi connectivity index (χ1n) is 17.0. The molecule has 2 atom stereocenters. The van der Waals surface area contributed by atoms with E-state index in [4.69, 9.17) is 47.6 Å². The van der Waals surface area contributed by atoms with Crippen LogP contribution in [-0.2, 0) is 22.6 Å². The SMILES string of the molecule is COc1nc(-c2cccc(-c3cccc(-c4cnc(CNCC5CCNC(=O)C5)c(OC)n4)c3Cl)c2Cl)cnc1CCCC1CCNC(=O)C1. The number of rotatable bonds is 13. The van der Waals surface area contributed by atoms with Crippen molar-refractivity contribution in [3.05, 3.63) is 70.2 Å². The van der Waals surface area contributed by atoms with Crippen LogP contribution in [0, 0.1) is 11.8 Å². The molecule has 2 unspecified atom stereocenters. The number of carbonyl (C=O) groups is 2. The van der Waals surface area contributed by atoms with Crippen molar-refractivity contribution < 1.29 is 19.1 Å². The predicted molar refractivity (Wildman–Crippen MR) is 193 cm³/mol. The molecule has 0 bridgehead atoms. The van der Waals surface area contributed by atoms with E-state index in [9.17, 15) is 9.59 Å². The summed E-state index contributed by atoms with van der Waals surface area (Å²) in [6.45, 7) is 2.62. The number of amides is 2. The molecule has 2 aromatic carbocycles. The summed E-state index contributed by atoms with van der Waals surface area (Å²) in [6.07, 6.45) is 9.02. The van der Waals surface area contributed by atoms with Gasteiger partial charge in [0.2, 0.25) is 23.6 Å². The molecule has 0 radical (unpaired) electrons. The minimum Gasteiger partial charge on any atom is -0.480 e. The zero-order valence-electron chi connectivity index (χ0n) is 28.2. The Hall–Kier alpha value is -4.32. The fourth-order valence-electron chi connectivity index (χ4n) is 6.63. The fourth-order valence-corrected chi connectivity index (χ4v) is 7.28. The number of piperidine rings is 2. The molecule has 0 saturated carbocycles. The topological polar surface area (TPSA) is 140 Å². The van der Waals surface area contributed by atoms with Crippen LogP contribution in [-0.4, -0.2) is 65.6 Å². The number of hydrogen-bond donors (Lipinski definition) is 3. The molecule has 2 aliphatic heterocycles. The van der Waals surface area contributed by atoms with Crippen molar-refractivity contribution in [1.29, 1.82) is 0 Å². The number of hydrogen-bond acceptors (Lipinski definition) is 9. The predicted octanol–water partition coefficient (Wildman–Crippen LogP) is 6.06. The minimum absolute atomic E-state index is 0.0928. The second-order valence-corrected chi connectivity index (χ2v) is 13.5. The van der Waals surface area contributed by atoms with Gasteiger partial charge in [0.05, 0.1) is 48.0 Å². The summed E-state index contributed by atoms with van der Waals surface area (Å²) in [5.41, 5.74) is 5.43. The van der Waals surface area contributed by atoms with Crippen molar-refractivity contribution in [3.63, 3.8) is 0 Å². The van der Waals surface area contributed by atoms with E-state index in [1.807, 2.05) is 36.4 Å². The van der Waals surface area contributed by atoms with Crippen LogP contribution in [0.3, 0.4) is 0 Å². The lowest BCUT2D eigenvalue weighted by atomic mass is 9.92. The smallest absolute Gasteiger partial charge is 0.237 e. The molecular weight excluding hydrogens is 677 g/mol. The van der Waals surface area contributed by atoms with Gasteiger partial charge >= 0.3 is 0 Å². The Morgan fingerprint density at radius 1 is 0.760 bits per heavy atom. The van der Waals surface area contributed by atoms with E-state index in [0.717, 1.165) is 49.0 Å². The maximum absolute atomic E-state index is 11.7. The number of halogens is 2. The van der Waals surface area contributed by atoms with Crippen molar-refractivity contribution in [1.82, 2.24) is 35.9 Å². The van der Waals surface area contributed by atoms with E-state index < -0.39 is 0 Å². The summed E-state index contributed by atoms with van der Waals surface area (Å²) in [7, 11) is 3.15. The van der Waals surface area contributed by atoms with E-state index >= 15 is 0 Å². The maximum Gasteiger partial charge on any atom is 0.237 e. The number of ether oxygens (including phenoxy) is 2. The van der Waals surface area contributed by atoms with Gasteiger partial charge in [-0.1, -0.05) is 59.6 Å². The van der Waals surface area contributed by atoms with E-state index in [0.29, 0.717) is 94.8 Å². The molecule has 50 heavy (non-hydrogen) atoms. The van der Waals surface area contributed by atoms with Crippen LogP contribution in [0.1, 0.15) is 49.9 Å². The molecule has 2 aliphatic rings. The van der Waals surface area contributed by atoms with Gasteiger partial charge in [-0.05, 0) is 50.5 Å². The first kappa shape index (κ1) is 35.5. The third-order valence-corrected chi connectivity index (χ3v) is 10.1. The Morgan fingerprint density at radius 3 is 1.86 bits per heavy atom. The normalized spacial score (nSPS) is 17.6. The van der Waals surface area contributed by atoms with E-state index in [1.165, 1.54) is 0 Å². The van der Waals surface area contributed by atoms with Crippen LogP contribution in [0.4, 0.5) is 0 Å².